The number of carbonyl (C=O) groups excluding carboxylic acids is 1. The highest BCUT2D eigenvalue weighted by Gasteiger charge is 2.21. The summed E-state index contributed by atoms with van der Waals surface area (Å²) in [6.45, 7) is 7.72. The van der Waals surface area contributed by atoms with E-state index in [4.69, 9.17) is 17.3 Å². The topological polar surface area (TPSA) is 59.2 Å². The molecule has 31 heavy (non-hydrogen) atoms. The van der Waals surface area contributed by atoms with E-state index in [9.17, 15) is 9.18 Å². The lowest BCUT2D eigenvalue weighted by Crippen LogP contribution is -2.47. The van der Waals surface area contributed by atoms with Crippen LogP contribution in [-0.2, 0) is 13.2 Å². The maximum Gasteiger partial charge on any atom is 0.199 e. The monoisotopic (exact) mass is 440 g/mol. The molecule has 1 saturated heterocycles. The number of carbonyl (C=O) groups is 1. The molecule has 4 rings (SSSR count). The second kappa shape index (κ2) is 9.07. The first kappa shape index (κ1) is 21.3. The Labute approximate surface area is 185 Å². The lowest BCUT2D eigenvalue weighted by atomic mass is 10.1. The fourth-order valence-electron chi connectivity index (χ4n) is 3.83. The summed E-state index contributed by atoms with van der Waals surface area (Å²) in [4.78, 5) is 19.8. The van der Waals surface area contributed by atoms with Crippen molar-refractivity contribution in [2.75, 3.05) is 31.1 Å². The van der Waals surface area contributed by atoms with Gasteiger partial charge in [0.1, 0.15) is 5.82 Å². The minimum atomic E-state index is -0.355. The van der Waals surface area contributed by atoms with Gasteiger partial charge in [-0.3, -0.25) is 14.7 Å². The third kappa shape index (κ3) is 4.42. The molecule has 1 aliphatic rings. The molecule has 3 heterocycles. The quantitative estimate of drug-likeness (QED) is 0.431. The van der Waals surface area contributed by atoms with E-state index >= 15 is 0 Å². The predicted molar refractivity (Wildman–Crippen MR) is 120 cm³/mol. The van der Waals surface area contributed by atoms with Gasteiger partial charge in [0, 0.05) is 56.2 Å². The Bertz CT molecular complexity index is 1130. The zero-order valence-corrected chi connectivity index (χ0v) is 18.5. The van der Waals surface area contributed by atoms with Crippen LogP contribution in [0.25, 0.3) is 11.4 Å². The number of hydrogen-bond acceptors (Lipinski definition) is 6. The lowest BCUT2D eigenvalue weighted by molar-refractivity contribution is 0.101. The van der Waals surface area contributed by atoms with Gasteiger partial charge < -0.3 is 9.47 Å². The summed E-state index contributed by atoms with van der Waals surface area (Å²) >= 11 is 5.66. The Morgan fingerprint density at radius 2 is 1.84 bits per heavy atom. The highest BCUT2D eigenvalue weighted by Crippen LogP contribution is 2.23. The number of halogens is 1. The van der Waals surface area contributed by atoms with Crippen molar-refractivity contribution in [1.82, 2.24) is 24.2 Å². The molecule has 0 atom stereocenters. The van der Waals surface area contributed by atoms with Gasteiger partial charge in [-0.15, -0.1) is 0 Å². The molecule has 1 aliphatic heterocycles. The molecule has 0 aliphatic carbocycles. The smallest absolute Gasteiger partial charge is 0.199 e. The van der Waals surface area contributed by atoms with Crippen molar-refractivity contribution in [2.24, 2.45) is 0 Å². The largest absolute Gasteiger partial charge is 0.367 e. The van der Waals surface area contributed by atoms with Gasteiger partial charge in [0.05, 0.1) is 12.4 Å². The van der Waals surface area contributed by atoms with E-state index in [-0.39, 0.29) is 11.6 Å². The molecular weight excluding hydrogens is 415 g/mol. The highest BCUT2D eigenvalue weighted by atomic mass is 32.1. The summed E-state index contributed by atoms with van der Waals surface area (Å²) in [5, 5.41) is 4.76. The molecule has 0 unspecified atom stereocenters. The van der Waals surface area contributed by atoms with Crippen LogP contribution in [0, 0.1) is 10.6 Å². The fraction of sp³-hybridized carbons (Fsp3) is 0.364. The van der Waals surface area contributed by atoms with Crippen LogP contribution < -0.4 is 4.90 Å². The average molecular weight is 441 g/mol. The van der Waals surface area contributed by atoms with E-state index in [2.05, 4.69) is 16.8 Å². The highest BCUT2D eigenvalue weighted by molar-refractivity contribution is 7.71. The number of nitrogens with zero attached hydrogens (tertiary/aromatic N) is 6. The van der Waals surface area contributed by atoms with Gasteiger partial charge in [-0.05, 0) is 56.4 Å². The van der Waals surface area contributed by atoms with E-state index in [0.717, 1.165) is 31.0 Å². The molecule has 0 N–H and O–H groups in total. The van der Waals surface area contributed by atoms with Crippen molar-refractivity contribution < 1.29 is 9.18 Å². The van der Waals surface area contributed by atoms with Crippen molar-refractivity contribution in [3.05, 3.63) is 58.9 Å². The molecule has 1 fully saturated rings. The molecule has 7 nitrogen and oxygen atoms in total. The number of hydrogen-bond donors (Lipinski definition) is 0. The van der Waals surface area contributed by atoms with E-state index in [1.54, 1.807) is 24.5 Å². The summed E-state index contributed by atoms with van der Waals surface area (Å²) < 4.78 is 19.1. The summed E-state index contributed by atoms with van der Waals surface area (Å²) in [6, 6.07) is 8.56. The number of aromatic nitrogens is 4. The molecular formula is C22H25FN6OS. The average Bonchev–Trinajstić information content (AvgIpc) is 3.10. The molecule has 0 spiro atoms. The van der Waals surface area contributed by atoms with Crippen LogP contribution in [0.1, 0.15) is 24.2 Å². The molecule has 2 aromatic heterocycles. The Morgan fingerprint density at radius 3 is 2.45 bits per heavy atom. The van der Waals surface area contributed by atoms with Crippen molar-refractivity contribution in [3.8, 4) is 11.4 Å². The van der Waals surface area contributed by atoms with Crippen LogP contribution in [0.3, 0.4) is 0 Å². The number of rotatable bonds is 6. The molecule has 9 heteroatoms. The van der Waals surface area contributed by atoms with Crippen LogP contribution in [-0.4, -0.2) is 56.2 Å². The van der Waals surface area contributed by atoms with Gasteiger partial charge in [-0.2, -0.15) is 5.10 Å². The molecule has 1 aromatic carbocycles. The van der Waals surface area contributed by atoms with Crippen LogP contribution in [0.15, 0.2) is 42.7 Å². The van der Waals surface area contributed by atoms with E-state index in [1.807, 2.05) is 26.3 Å². The molecule has 162 valence electrons. The van der Waals surface area contributed by atoms with Gasteiger partial charge in [-0.1, -0.05) is 0 Å². The SMILES string of the molecule is CCn1c(-c2ccncc2)nn(CN2CCN(c3ccc(C(C)=O)cc3F)CC2)c1=S. The number of piperazine rings is 1. The summed E-state index contributed by atoms with van der Waals surface area (Å²) in [6.07, 6.45) is 3.50. The van der Waals surface area contributed by atoms with Gasteiger partial charge in [0.25, 0.3) is 0 Å². The second-order valence-corrected chi connectivity index (χ2v) is 7.92. The Hall–Kier alpha value is -2.91. The van der Waals surface area contributed by atoms with Crippen molar-refractivity contribution in [3.63, 3.8) is 0 Å². The number of Topliss-reactive ketones (excluding diaryl/α,β-unsaturated/α-hetero) is 1. The summed E-state index contributed by atoms with van der Waals surface area (Å²) in [5.74, 6) is 0.345. The maximum absolute atomic E-state index is 14.5. The number of pyridine rings is 1. The zero-order chi connectivity index (χ0) is 22.0. The van der Waals surface area contributed by atoms with Crippen molar-refractivity contribution in [2.45, 2.75) is 27.1 Å². The van der Waals surface area contributed by atoms with Gasteiger partial charge in [0.15, 0.2) is 16.4 Å². The predicted octanol–water partition coefficient (Wildman–Crippen LogP) is 3.62. The van der Waals surface area contributed by atoms with E-state index in [0.29, 0.717) is 35.8 Å². The zero-order valence-electron chi connectivity index (χ0n) is 17.7. The Kier molecular flexibility index (Phi) is 6.24. The second-order valence-electron chi connectivity index (χ2n) is 7.55. The molecule has 0 saturated carbocycles. The fourth-order valence-corrected chi connectivity index (χ4v) is 4.15. The first-order chi connectivity index (χ1) is 15.0. The van der Waals surface area contributed by atoms with Crippen LogP contribution >= 0.6 is 12.2 Å². The molecule has 3 aromatic rings. The maximum atomic E-state index is 14.5. The first-order valence-electron chi connectivity index (χ1n) is 10.3. The van der Waals surface area contributed by atoms with Crippen LogP contribution in [0.2, 0.25) is 0 Å². The normalized spacial score (nSPS) is 14.7. The molecule has 0 bridgehead atoms. The number of benzene rings is 1. The van der Waals surface area contributed by atoms with Crippen molar-refractivity contribution in [1.29, 1.82) is 0 Å². The van der Waals surface area contributed by atoms with Crippen LogP contribution in [0.4, 0.5) is 10.1 Å². The van der Waals surface area contributed by atoms with E-state index < -0.39 is 0 Å². The van der Waals surface area contributed by atoms with Gasteiger partial charge in [-0.25, -0.2) is 9.07 Å². The summed E-state index contributed by atoms with van der Waals surface area (Å²) in [7, 11) is 0. The lowest BCUT2D eigenvalue weighted by Gasteiger charge is -2.36. The Balaban J connectivity index is 1.46. The van der Waals surface area contributed by atoms with Gasteiger partial charge >= 0.3 is 0 Å². The van der Waals surface area contributed by atoms with Gasteiger partial charge in [0.2, 0.25) is 0 Å². The first-order valence-corrected chi connectivity index (χ1v) is 10.7. The minimum Gasteiger partial charge on any atom is -0.367 e. The number of ketones is 1. The van der Waals surface area contributed by atoms with Crippen LogP contribution in [0.5, 0.6) is 0 Å². The number of anilines is 1. The van der Waals surface area contributed by atoms with E-state index in [1.165, 1.54) is 13.0 Å². The van der Waals surface area contributed by atoms with Crippen molar-refractivity contribution >= 4 is 23.7 Å². The standard InChI is InChI=1S/C22H25FN6OS/c1-3-28-21(17-6-8-24-9-7-17)25-29(22(28)31)15-26-10-12-27(13-11-26)20-5-4-18(16(2)30)14-19(20)23/h4-9,14H,3,10-13,15H2,1-2H3. The molecule has 0 radical (unpaired) electrons. The molecule has 0 amide bonds. The minimum absolute atomic E-state index is 0.135. The summed E-state index contributed by atoms with van der Waals surface area (Å²) in [5.41, 5.74) is 1.92. The third-order valence-corrected chi connectivity index (χ3v) is 6.01. The Morgan fingerprint density at radius 1 is 1.13 bits per heavy atom. The third-order valence-electron chi connectivity index (χ3n) is 5.58.